The molecule has 0 spiro atoms. The van der Waals surface area contributed by atoms with Crippen molar-refractivity contribution in [2.24, 2.45) is 0 Å². The van der Waals surface area contributed by atoms with Crippen LogP contribution in [0.5, 0.6) is 0 Å². The number of rotatable bonds is 6. The average molecular weight is 288 g/mol. The molecule has 1 amide bonds. The maximum absolute atomic E-state index is 12.6. The van der Waals surface area contributed by atoms with Crippen molar-refractivity contribution in [2.45, 2.75) is 70.9 Å². The summed E-state index contributed by atoms with van der Waals surface area (Å²) in [6, 6.07) is 8.77. The van der Waals surface area contributed by atoms with Gasteiger partial charge in [0.15, 0.2) is 0 Å². The van der Waals surface area contributed by atoms with Crippen LogP contribution in [-0.2, 0) is 4.79 Å². The molecule has 2 rings (SSSR count). The van der Waals surface area contributed by atoms with Gasteiger partial charge >= 0.3 is 0 Å². The number of fused-ring (bicyclic) bond motifs is 1. The minimum atomic E-state index is -0.0222. The molecule has 0 aromatic heterocycles. The van der Waals surface area contributed by atoms with E-state index in [0.29, 0.717) is 6.04 Å². The molecule has 1 heterocycles. The van der Waals surface area contributed by atoms with Crippen LogP contribution in [0, 0.1) is 0 Å². The Labute approximate surface area is 128 Å². The second-order valence-electron chi connectivity index (χ2n) is 6.33. The van der Waals surface area contributed by atoms with Gasteiger partial charge in [-0.2, -0.15) is 0 Å². The number of unbranched alkanes of at least 4 members (excludes halogenated alkanes) is 2. The van der Waals surface area contributed by atoms with Gasteiger partial charge in [0.2, 0.25) is 5.91 Å². The highest BCUT2D eigenvalue weighted by molar-refractivity contribution is 5.86. The van der Waals surface area contributed by atoms with Gasteiger partial charge in [0.05, 0.1) is 5.92 Å². The predicted octanol–water partition coefficient (Wildman–Crippen LogP) is 4.06. The van der Waals surface area contributed by atoms with Crippen molar-refractivity contribution in [1.29, 1.82) is 0 Å². The molecule has 0 radical (unpaired) electrons. The Morgan fingerprint density at radius 3 is 2.90 bits per heavy atom. The van der Waals surface area contributed by atoms with Gasteiger partial charge in [-0.25, -0.2) is 0 Å². The molecule has 0 aliphatic carbocycles. The molecule has 21 heavy (non-hydrogen) atoms. The van der Waals surface area contributed by atoms with Crippen LogP contribution in [0.2, 0.25) is 0 Å². The van der Waals surface area contributed by atoms with Crippen molar-refractivity contribution >= 4 is 11.6 Å². The maximum Gasteiger partial charge on any atom is 0.227 e. The fourth-order valence-corrected chi connectivity index (χ4v) is 3.10. The first-order valence-corrected chi connectivity index (χ1v) is 8.27. The first-order valence-electron chi connectivity index (χ1n) is 8.27. The number of hydrogen-bond donors (Lipinski definition) is 2. The quantitative estimate of drug-likeness (QED) is 0.775. The van der Waals surface area contributed by atoms with Crippen molar-refractivity contribution in [3.8, 4) is 0 Å². The molecule has 3 atom stereocenters. The first kappa shape index (κ1) is 15.9. The van der Waals surface area contributed by atoms with E-state index in [0.717, 1.165) is 24.1 Å². The zero-order chi connectivity index (χ0) is 15.2. The lowest BCUT2D eigenvalue weighted by Crippen LogP contribution is -2.40. The number of nitrogens with one attached hydrogen (secondary N) is 2. The summed E-state index contributed by atoms with van der Waals surface area (Å²) < 4.78 is 0. The Bertz CT molecular complexity index is 472. The fourth-order valence-electron chi connectivity index (χ4n) is 3.10. The van der Waals surface area contributed by atoms with Crippen LogP contribution in [0.1, 0.15) is 64.4 Å². The highest BCUT2D eigenvalue weighted by Gasteiger charge is 2.29. The van der Waals surface area contributed by atoms with Crippen molar-refractivity contribution in [3.05, 3.63) is 29.8 Å². The molecule has 0 fully saturated rings. The van der Waals surface area contributed by atoms with Crippen LogP contribution < -0.4 is 10.6 Å². The van der Waals surface area contributed by atoms with E-state index in [1.165, 1.54) is 19.3 Å². The van der Waals surface area contributed by atoms with E-state index in [1.807, 2.05) is 12.1 Å². The molecule has 1 aromatic rings. The van der Waals surface area contributed by atoms with Gasteiger partial charge in [-0.1, -0.05) is 44.4 Å². The number of carbonyl (C=O) groups is 1. The van der Waals surface area contributed by atoms with Crippen molar-refractivity contribution < 1.29 is 4.79 Å². The molecule has 0 bridgehead atoms. The van der Waals surface area contributed by atoms with Gasteiger partial charge in [0.25, 0.3) is 0 Å². The third kappa shape index (κ3) is 4.23. The van der Waals surface area contributed by atoms with E-state index in [9.17, 15) is 4.79 Å². The molecule has 1 aromatic carbocycles. The van der Waals surface area contributed by atoms with Crippen LogP contribution >= 0.6 is 0 Å². The van der Waals surface area contributed by atoms with Gasteiger partial charge in [-0.15, -0.1) is 0 Å². The van der Waals surface area contributed by atoms with Gasteiger partial charge in [0, 0.05) is 17.8 Å². The number of anilines is 1. The number of amides is 1. The zero-order valence-electron chi connectivity index (χ0n) is 13.5. The topological polar surface area (TPSA) is 41.1 Å². The summed E-state index contributed by atoms with van der Waals surface area (Å²) >= 11 is 0. The normalized spacial score (nSPS) is 22.0. The number of hydrogen-bond acceptors (Lipinski definition) is 2. The highest BCUT2D eigenvalue weighted by atomic mass is 16.1. The second-order valence-corrected chi connectivity index (χ2v) is 6.33. The van der Waals surface area contributed by atoms with Gasteiger partial charge in [-0.3, -0.25) is 4.79 Å². The van der Waals surface area contributed by atoms with Gasteiger partial charge in [0.1, 0.15) is 0 Å². The van der Waals surface area contributed by atoms with E-state index >= 15 is 0 Å². The second kappa shape index (κ2) is 7.48. The highest BCUT2D eigenvalue weighted by Crippen LogP contribution is 2.34. The Morgan fingerprint density at radius 2 is 2.14 bits per heavy atom. The van der Waals surface area contributed by atoms with Crippen LogP contribution in [0.3, 0.4) is 0 Å². The number of carbonyl (C=O) groups excluding carboxylic acids is 1. The minimum Gasteiger partial charge on any atom is -0.382 e. The summed E-state index contributed by atoms with van der Waals surface area (Å²) in [4.78, 5) is 12.6. The summed E-state index contributed by atoms with van der Waals surface area (Å²) in [6.45, 7) is 6.46. The Hall–Kier alpha value is -1.51. The largest absolute Gasteiger partial charge is 0.382 e. The van der Waals surface area contributed by atoms with E-state index < -0.39 is 0 Å². The molecule has 0 saturated carbocycles. The molecule has 1 aliphatic rings. The van der Waals surface area contributed by atoms with E-state index in [1.54, 1.807) is 0 Å². The standard InChI is InChI=1S/C18H28N2O/c1-4-5-6-9-13(2)20-18(21)16-12-14(3)19-17-11-8-7-10-15(16)17/h7-8,10-11,13-14,16,19H,4-6,9,12H2,1-3H3,(H,20,21). The van der Waals surface area contributed by atoms with Crippen molar-refractivity contribution in [2.75, 3.05) is 5.32 Å². The predicted molar refractivity (Wildman–Crippen MR) is 88.6 cm³/mol. The molecule has 1 aliphatic heterocycles. The third-order valence-corrected chi connectivity index (χ3v) is 4.27. The fraction of sp³-hybridized carbons (Fsp3) is 0.611. The minimum absolute atomic E-state index is 0.0222. The summed E-state index contributed by atoms with van der Waals surface area (Å²) in [5.74, 6) is 0.158. The molecule has 3 heteroatoms. The lowest BCUT2D eigenvalue weighted by atomic mass is 9.86. The molecular formula is C18H28N2O. The molecule has 3 nitrogen and oxygen atoms in total. The van der Waals surface area contributed by atoms with Gasteiger partial charge in [-0.05, 0) is 38.3 Å². The van der Waals surface area contributed by atoms with Crippen LogP contribution in [0.4, 0.5) is 5.69 Å². The van der Waals surface area contributed by atoms with E-state index in [4.69, 9.17) is 0 Å². The number of benzene rings is 1. The summed E-state index contributed by atoms with van der Waals surface area (Å²) in [5.41, 5.74) is 2.24. The molecule has 3 unspecified atom stereocenters. The molecule has 2 N–H and O–H groups in total. The van der Waals surface area contributed by atoms with E-state index in [-0.39, 0.29) is 17.9 Å². The average Bonchev–Trinajstić information content (AvgIpc) is 2.46. The maximum atomic E-state index is 12.6. The lowest BCUT2D eigenvalue weighted by Gasteiger charge is -2.31. The summed E-state index contributed by atoms with van der Waals surface area (Å²) in [6.07, 6.45) is 5.59. The Morgan fingerprint density at radius 1 is 1.38 bits per heavy atom. The Balaban J connectivity index is 1.99. The van der Waals surface area contributed by atoms with Crippen LogP contribution in [0.25, 0.3) is 0 Å². The lowest BCUT2D eigenvalue weighted by molar-refractivity contribution is -0.123. The van der Waals surface area contributed by atoms with Crippen molar-refractivity contribution in [3.63, 3.8) is 0 Å². The Kier molecular flexibility index (Phi) is 5.66. The van der Waals surface area contributed by atoms with Crippen LogP contribution in [-0.4, -0.2) is 18.0 Å². The van der Waals surface area contributed by atoms with Crippen molar-refractivity contribution in [1.82, 2.24) is 5.32 Å². The monoisotopic (exact) mass is 288 g/mol. The SMILES string of the molecule is CCCCCC(C)NC(=O)C1CC(C)Nc2ccccc21. The summed E-state index contributed by atoms with van der Waals surface area (Å²) in [5, 5.41) is 6.66. The smallest absolute Gasteiger partial charge is 0.227 e. The van der Waals surface area contributed by atoms with Gasteiger partial charge < -0.3 is 10.6 Å². The number of para-hydroxylation sites is 1. The molecule has 0 saturated heterocycles. The third-order valence-electron chi connectivity index (χ3n) is 4.27. The first-order chi connectivity index (χ1) is 10.1. The summed E-state index contributed by atoms with van der Waals surface area (Å²) in [7, 11) is 0. The zero-order valence-corrected chi connectivity index (χ0v) is 13.5. The molecular weight excluding hydrogens is 260 g/mol. The van der Waals surface area contributed by atoms with Crippen LogP contribution in [0.15, 0.2) is 24.3 Å². The van der Waals surface area contributed by atoms with E-state index in [2.05, 4.69) is 43.5 Å². The molecule has 116 valence electrons.